The van der Waals surface area contributed by atoms with Gasteiger partial charge in [-0.25, -0.2) is 9.50 Å². The lowest BCUT2D eigenvalue weighted by molar-refractivity contribution is -0.120. The number of nitrogens with zero attached hydrogens (tertiary/aromatic N) is 5. The van der Waals surface area contributed by atoms with Crippen molar-refractivity contribution < 1.29 is 14.3 Å². The minimum atomic E-state index is -0.303. The number of ether oxygens (including phenoxy) is 1. The van der Waals surface area contributed by atoms with Crippen molar-refractivity contribution in [3.05, 3.63) is 54.2 Å². The Hall–Kier alpha value is -3.83. The fourth-order valence-corrected chi connectivity index (χ4v) is 5.37. The van der Waals surface area contributed by atoms with E-state index < -0.39 is 0 Å². The molecule has 0 aromatic carbocycles. The highest BCUT2D eigenvalue weighted by Crippen LogP contribution is 2.31. The predicted octanol–water partition coefficient (Wildman–Crippen LogP) is 3.70. The summed E-state index contributed by atoms with van der Waals surface area (Å²) in [6.45, 7) is 8.29. The number of amides is 2. The molecule has 1 aliphatic heterocycles. The van der Waals surface area contributed by atoms with Gasteiger partial charge in [-0.1, -0.05) is 13.8 Å². The maximum atomic E-state index is 13.1. The van der Waals surface area contributed by atoms with E-state index in [1.165, 1.54) is 11.3 Å². The summed E-state index contributed by atoms with van der Waals surface area (Å²) in [5.74, 6) is 0.125. The van der Waals surface area contributed by atoms with E-state index in [2.05, 4.69) is 44.4 Å². The maximum Gasteiger partial charge on any atom is 0.260 e. The lowest BCUT2D eigenvalue weighted by Crippen LogP contribution is -2.54. The van der Waals surface area contributed by atoms with Crippen molar-refractivity contribution in [3.63, 3.8) is 0 Å². The van der Waals surface area contributed by atoms with Gasteiger partial charge < -0.3 is 15.4 Å². The van der Waals surface area contributed by atoms with Crippen molar-refractivity contribution in [2.75, 3.05) is 37.4 Å². The van der Waals surface area contributed by atoms with E-state index in [1.54, 1.807) is 49.3 Å². The van der Waals surface area contributed by atoms with E-state index in [-0.39, 0.29) is 17.2 Å². The van der Waals surface area contributed by atoms with Crippen LogP contribution in [-0.4, -0.2) is 63.0 Å². The van der Waals surface area contributed by atoms with Crippen LogP contribution in [0.3, 0.4) is 0 Å². The van der Waals surface area contributed by atoms with Crippen LogP contribution in [-0.2, 0) is 4.79 Å². The molecule has 4 aromatic rings. The van der Waals surface area contributed by atoms with Crippen LogP contribution >= 0.6 is 11.3 Å². The molecule has 1 aliphatic rings. The highest BCUT2D eigenvalue weighted by atomic mass is 32.1. The van der Waals surface area contributed by atoms with Gasteiger partial charge in [0.15, 0.2) is 0 Å². The highest BCUT2D eigenvalue weighted by Gasteiger charge is 2.34. The van der Waals surface area contributed by atoms with E-state index in [9.17, 15) is 9.59 Å². The Kier molecular flexibility index (Phi) is 6.19. The first-order valence-corrected chi connectivity index (χ1v) is 12.3. The molecule has 36 heavy (non-hydrogen) atoms. The standard InChI is InChI=1S/C25H27N7O3S/c1-15-19(7-17(9-26-15)29-21(33)12-31-13-25(2,3)14-31)30-23(34)18-10-28-32-11-20(36-24(18)32)16-5-6-22(35-4)27-8-16/h5-11H,12-14H2,1-4H3,(H,29,33)(H,30,34). The number of carbonyl (C=O) groups is 2. The third kappa shape index (κ3) is 4.93. The molecule has 2 amide bonds. The molecule has 0 aliphatic carbocycles. The topological polar surface area (TPSA) is 114 Å². The number of aromatic nitrogens is 4. The molecule has 2 N–H and O–H groups in total. The van der Waals surface area contributed by atoms with Crippen LogP contribution in [0.25, 0.3) is 15.3 Å². The van der Waals surface area contributed by atoms with Gasteiger partial charge in [0.1, 0.15) is 4.83 Å². The third-order valence-corrected chi connectivity index (χ3v) is 7.12. The number of rotatable bonds is 7. The summed E-state index contributed by atoms with van der Waals surface area (Å²) in [6.07, 6.45) is 6.72. The van der Waals surface area contributed by atoms with Crippen LogP contribution in [0.2, 0.25) is 0 Å². The van der Waals surface area contributed by atoms with Crippen molar-refractivity contribution in [1.29, 1.82) is 0 Å². The monoisotopic (exact) mass is 505 g/mol. The quantitative estimate of drug-likeness (QED) is 0.394. The van der Waals surface area contributed by atoms with Crippen LogP contribution < -0.4 is 15.4 Å². The van der Waals surface area contributed by atoms with E-state index in [4.69, 9.17) is 4.74 Å². The molecular formula is C25H27N7O3S. The van der Waals surface area contributed by atoms with E-state index in [1.807, 2.05) is 12.3 Å². The number of nitrogens with one attached hydrogen (secondary N) is 2. The number of likely N-dealkylation sites (tertiary alicyclic amines) is 1. The molecule has 11 heteroatoms. The molecule has 0 radical (unpaired) electrons. The van der Waals surface area contributed by atoms with E-state index in [0.717, 1.165) is 23.5 Å². The summed E-state index contributed by atoms with van der Waals surface area (Å²) in [5, 5.41) is 10.1. The van der Waals surface area contributed by atoms with Crippen LogP contribution in [0.15, 0.2) is 43.0 Å². The van der Waals surface area contributed by atoms with Crippen LogP contribution in [0, 0.1) is 12.3 Å². The number of thiazole rings is 1. The minimum absolute atomic E-state index is 0.106. The average molecular weight is 506 g/mol. The first-order valence-electron chi connectivity index (χ1n) is 11.5. The molecule has 0 unspecified atom stereocenters. The fraction of sp³-hybridized carbons (Fsp3) is 0.320. The molecule has 10 nitrogen and oxygen atoms in total. The number of methoxy groups -OCH3 is 1. The lowest BCUT2D eigenvalue weighted by atomic mass is 9.84. The summed E-state index contributed by atoms with van der Waals surface area (Å²) >= 11 is 1.45. The fourth-order valence-electron chi connectivity index (χ4n) is 4.32. The van der Waals surface area contributed by atoms with E-state index >= 15 is 0 Å². The average Bonchev–Trinajstić information content (AvgIpc) is 3.41. The molecule has 4 aromatic heterocycles. The van der Waals surface area contributed by atoms with Gasteiger partial charge in [-0.2, -0.15) is 5.10 Å². The van der Waals surface area contributed by atoms with Gasteiger partial charge in [0.25, 0.3) is 5.91 Å². The first-order chi connectivity index (χ1) is 17.2. The van der Waals surface area contributed by atoms with Gasteiger partial charge in [0.05, 0.1) is 53.6 Å². The molecule has 186 valence electrons. The number of aryl methyl sites for hydroxylation is 1. The van der Waals surface area contributed by atoms with Gasteiger partial charge in [-0.3, -0.25) is 19.5 Å². The second-order valence-electron chi connectivity index (χ2n) is 9.66. The smallest absolute Gasteiger partial charge is 0.260 e. The number of fused-ring (bicyclic) bond motifs is 1. The second-order valence-corrected chi connectivity index (χ2v) is 10.7. The van der Waals surface area contributed by atoms with Gasteiger partial charge >= 0.3 is 0 Å². The van der Waals surface area contributed by atoms with Gasteiger partial charge in [-0.05, 0) is 24.5 Å². The second kappa shape index (κ2) is 9.32. The largest absolute Gasteiger partial charge is 0.481 e. The molecule has 0 saturated carbocycles. The number of pyridine rings is 2. The zero-order valence-corrected chi connectivity index (χ0v) is 21.3. The van der Waals surface area contributed by atoms with Crippen molar-refractivity contribution in [2.24, 2.45) is 5.41 Å². The van der Waals surface area contributed by atoms with Crippen LogP contribution in [0.1, 0.15) is 29.9 Å². The normalized spacial score (nSPS) is 14.9. The number of anilines is 2. The molecule has 0 spiro atoms. The number of hydrogen-bond donors (Lipinski definition) is 2. The highest BCUT2D eigenvalue weighted by molar-refractivity contribution is 7.21. The predicted molar refractivity (Wildman–Crippen MR) is 139 cm³/mol. The molecule has 0 atom stereocenters. The Morgan fingerprint density at radius 2 is 1.94 bits per heavy atom. The summed E-state index contributed by atoms with van der Waals surface area (Å²) in [4.78, 5) is 37.9. The summed E-state index contributed by atoms with van der Waals surface area (Å²) in [5.41, 5.74) is 3.32. The van der Waals surface area contributed by atoms with Crippen molar-refractivity contribution in [3.8, 4) is 16.3 Å². The summed E-state index contributed by atoms with van der Waals surface area (Å²) in [7, 11) is 1.57. The summed E-state index contributed by atoms with van der Waals surface area (Å²) < 4.78 is 6.80. The van der Waals surface area contributed by atoms with Crippen molar-refractivity contribution in [1.82, 2.24) is 24.5 Å². The minimum Gasteiger partial charge on any atom is -0.481 e. The Bertz CT molecular complexity index is 1430. The van der Waals surface area contributed by atoms with Crippen LogP contribution in [0.4, 0.5) is 11.4 Å². The molecule has 0 bridgehead atoms. The zero-order chi connectivity index (χ0) is 25.4. The third-order valence-electron chi connectivity index (χ3n) is 5.96. The Labute approximate surface area is 212 Å². The number of carbonyl (C=O) groups excluding carboxylic acids is 2. The van der Waals surface area contributed by atoms with Crippen LogP contribution in [0.5, 0.6) is 5.88 Å². The Balaban J connectivity index is 1.29. The molecule has 5 rings (SSSR count). The van der Waals surface area contributed by atoms with Gasteiger partial charge in [0.2, 0.25) is 11.8 Å². The Morgan fingerprint density at radius 1 is 1.14 bits per heavy atom. The Morgan fingerprint density at radius 3 is 2.64 bits per heavy atom. The molecule has 5 heterocycles. The zero-order valence-electron chi connectivity index (χ0n) is 20.5. The molecule has 1 saturated heterocycles. The maximum absolute atomic E-state index is 13.1. The van der Waals surface area contributed by atoms with Gasteiger partial charge in [0, 0.05) is 37.1 Å². The first kappa shape index (κ1) is 23.9. The van der Waals surface area contributed by atoms with Crippen molar-refractivity contribution >= 4 is 39.4 Å². The molecular weight excluding hydrogens is 478 g/mol. The lowest BCUT2D eigenvalue weighted by Gasteiger charge is -2.45. The SMILES string of the molecule is COc1ccc(-c2cn3ncc(C(=O)Nc4cc(NC(=O)CN5CC(C)(C)C5)cnc4C)c3s2)cn1. The number of hydrogen-bond acceptors (Lipinski definition) is 8. The van der Waals surface area contributed by atoms with E-state index in [0.29, 0.717) is 39.9 Å². The summed E-state index contributed by atoms with van der Waals surface area (Å²) in [6, 6.07) is 5.42. The van der Waals surface area contributed by atoms with Crippen molar-refractivity contribution in [2.45, 2.75) is 20.8 Å². The molecule has 1 fully saturated rings. The van der Waals surface area contributed by atoms with Gasteiger partial charge in [-0.15, -0.1) is 11.3 Å².